The first-order valence-electron chi connectivity index (χ1n) is 6.48. The fraction of sp³-hybridized carbons (Fsp3) is 0.429. The normalized spacial score (nSPS) is 12.4. The van der Waals surface area contributed by atoms with E-state index in [-0.39, 0.29) is 6.04 Å². The topological polar surface area (TPSA) is 52.0 Å². The van der Waals surface area contributed by atoms with Gasteiger partial charge < -0.3 is 10.1 Å². The summed E-state index contributed by atoms with van der Waals surface area (Å²) in [4.78, 5) is 4.47. The Morgan fingerprint density at radius 2 is 2.21 bits per heavy atom. The van der Waals surface area contributed by atoms with Gasteiger partial charge in [0.2, 0.25) is 0 Å². The Morgan fingerprint density at radius 3 is 2.84 bits per heavy atom. The molecule has 0 amide bonds. The summed E-state index contributed by atoms with van der Waals surface area (Å²) in [7, 11) is 3.60. The highest BCUT2D eigenvalue weighted by molar-refractivity contribution is 5.34. The minimum Gasteiger partial charge on any atom is -0.495 e. The molecule has 0 aliphatic rings. The molecule has 0 bridgehead atoms. The number of aryl methyl sites for hydroxylation is 1. The second-order valence-electron chi connectivity index (χ2n) is 4.36. The lowest BCUT2D eigenvalue weighted by Gasteiger charge is -2.20. The number of hydrogen-bond donors (Lipinski definition) is 1. The molecule has 19 heavy (non-hydrogen) atoms. The number of aromatic nitrogens is 3. The van der Waals surface area contributed by atoms with E-state index < -0.39 is 0 Å². The van der Waals surface area contributed by atoms with Gasteiger partial charge in [-0.2, -0.15) is 5.10 Å². The van der Waals surface area contributed by atoms with Gasteiger partial charge in [0.15, 0.2) is 0 Å². The van der Waals surface area contributed by atoms with Crippen molar-refractivity contribution in [2.24, 2.45) is 7.05 Å². The average Bonchev–Trinajstić information content (AvgIpc) is 2.86. The number of rotatable bonds is 6. The van der Waals surface area contributed by atoms with Crippen molar-refractivity contribution >= 4 is 0 Å². The summed E-state index contributed by atoms with van der Waals surface area (Å²) < 4.78 is 7.27. The van der Waals surface area contributed by atoms with Crippen LogP contribution in [-0.2, 0) is 7.05 Å². The molecule has 0 aromatic carbocycles. The second kappa shape index (κ2) is 6.33. The van der Waals surface area contributed by atoms with Crippen LogP contribution in [0.1, 0.15) is 30.8 Å². The Balaban J connectivity index is 2.40. The molecule has 5 heteroatoms. The van der Waals surface area contributed by atoms with Crippen LogP contribution in [0.3, 0.4) is 0 Å². The van der Waals surface area contributed by atoms with Gasteiger partial charge in [-0.1, -0.05) is 6.92 Å². The minimum absolute atomic E-state index is 0.0106. The van der Waals surface area contributed by atoms with Gasteiger partial charge in [0, 0.05) is 19.4 Å². The quantitative estimate of drug-likeness (QED) is 0.862. The van der Waals surface area contributed by atoms with Crippen molar-refractivity contribution in [2.45, 2.75) is 19.4 Å². The molecule has 0 saturated heterocycles. The molecule has 0 aliphatic heterocycles. The van der Waals surface area contributed by atoms with Crippen molar-refractivity contribution in [2.75, 3.05) is 13.7 Å². The van der Waals surface area contributed by atoms with Crippen LogP contribution in [0.5, 0.6) is 5.75 Å². The largest absolute Gasteiger partial charge is 0.495 e. The first-order valence-corrected chi connectivity index (χ1v) is 6.48. The standard InChI is InChI=1S/C14H20N4O/c1-4-8-15-13(11-7-10-17-18(11)2)14-12(19-3)6-5-9-16-14/h5-7,9-10,13,15H,4,8H2,1-3H3. The summed E-state index contributed by atoms with van der Waals surface area (Å²) in [6, 6.07) is 5.80. The molecule has 2 aromatic heterocycles. The summed E-state index contributed by atoms with van der Waals surface area (Å²) in [5.41, 5.74) is 1.97. The van der Waals surface area contributed by atoms with E-state index >= 15 is 0 Å². The van der Waals surface area contributed by atoms with Crippen molar-refractivity contribution in [3.8, 4) is 5.75 Å². The maximum Gasteiger partial charge on any atom is 0.142 e. The molecule has 2 aromatic rings. The maximum absolute atomic E-state index is 5.41. The molecule has 5 nitrogen and oxygen atoms in total. The van der Waals surface area contributed by atoms with Gasteiger partial charge in [-0.25, -0.2) is 0 Å². The summed E-state index contributed by atoms with van der Waals surface area (Å²) in [5.74, 6) is 0.789. The van der Waals surface area contributed by atoms with Gasteiger partial charge >= 0.3 is 0 Å². The number of nitrogens with one attached hydrogen (secondary N) is 1. The number of ether oxygens (including phenoxy) is 1. The molecule has 0 aliphatic carbocycles. The SMILES string of the molecule is CCCNC(c1ncccc1OC)c1ccnn1C. The third-order valence-electron chi connectivity index (χ3n) is 3.05. The third kappa shape index (κ3) is 2.93. The van der Waals surface area contributed by atoms with Crippen LogP contribution < -0.4 is 10.1 Å². The van der Waals surface area contributed by atoms with Crippen molar-refractivity contribution in [1.29, 1.82) is 0 Å². The van der Waals surface area contributed by atoms with Crippen molar-refractivity contribution in [3.05, 3.63) is 42.0 Å². The van der Waals surface area contributed by atoms with Gasteiger partial charge in [-0.15, -0.1) is 0 Å². The fourth-order valence-electron chi connectivity index (χ4n) is 2.09. The number of hydrogen-bond acceptors (Lipinski definition) is 4. The molecule has 1 unspecified atom stereocenters. The lowest BCUT2D eigenvalue weighted by atomic mass is 10.1. The first kappa shape index (κ1) is 13.5. The number of pyridine rings is 1. The van der Waals surface area contributed by atoms with Crippen molar-refractivity contribution in [3.63, 3.8) is 0 Å². The van der Waals surface area contributed by atoms with Crippen LogP contribution in [0.2, 0.25) is 0 Å². The average molecular weight is 260 g/mol. The molecule has 1 atom stereocenters. The van der Waals surface area contributed by atoms with Gasteiger partial charge in [0.1, 0.15) is 11.4 Å². The predicted molar refractivity (Wildman–Crippen MR) is 74.1 cm³/mol. The molecular formula is C14H20N4O. The van der Waals surface area contributed by atoms with E-state index in [2.05, 4.69) is 22.3 Å². The van der Waals surface area contributed by atoms with E-state index in [1.807, 2.05) is 29.9 Å². The van der Waals surface area contributed by atoms with E-state index in [4.69, 9.17) is 4.74 Å². The Labute approximate surface area is 113 Å². The summed E-state index contributed by atoms with van der Waals surface area (Å²) in [6.07, 6.45) is 4.64. The van der Waals surface area contributed by atoms with E-state index in [1.54, 1.807) is 19.5 Å². The molecule has 102 valence electrons. The Morgan fingerprint density at radius 1 is 1.37 bits per heavy atom. The molecule has 0 spiro atoms. The summed E-state index contributed by atoms with van der Waals surface area (Å²) in [6.45, 7) is 3.05. The van der Waals surface area contributed by atoms with E-state index in [1.165, 1.54) is 0 Å². The van der Waals surface area contributed by atoms with E-state index in [9.17, 15) is 0 Å². The molecule has 0 saturated carbocycles. The highest BCUT2D eigenvalue weighted by Crippen LogP contribution is 2.27. The fourth-order valence-corrected chi connectivity index (χ4v) is 2.09. The molecule has 1 N–H and O–H groups in total. The van der Waals surface area contributed by atoms with Crippen LogP contribution >= 0.6 is 0 Å². The Hall–Kier alpha value is -1.88. The highest BCUT2D eigenvalue weighted by Gasteiger charge is 2.21. The third-order valence-corrected chi connectivity index (χ3v) is 3.05. The van der Waals surface area contributed by atoms with Crippen LogP contribution in [-0.4, -0.2) is 28.4 Å². The predicted octanol–water partition coefficient (Wildman–Crippen LogP) is 1.91. The summed E-state index contributed by atoms with van der Waals surface area (Å²) >= 11 is 0. The smallest absolute Gasteiger partial charge is 0.142 e. The Kier molecular flexibility index (Phi) is 4.52. The Bertz CT molecular complexity index is 524. The lowest BCUT2D eigenvalue weighted by Crippen LogP contribution is -2.26. The molecular weight excluding hydrogens is 240 g/mol. The first-order chi connectivity index (χ1) is 9.27. The molecule has 2 heterocycles. The van der Waals surface area contributed by atoms with Gasteiger partial charge in [-0.05, 0) is 31.2 Å². The number of methoxy groups -OCH3 is 1. The van der Waals surface area contributed by atoms with Crippen molar-refractivity contribution < 1.29 is 4.74 Å². The molecule has 0 radical (unpaired) electrons. The highest BCUT2D eigenvalue weighted by atomic mass is 16.5. The second-order valence-corrected chi connectivity index (χ2v) is 4.36. The van der Waals surface area contributed by atoms with Crippen LogP contribution in [0.15, 0.2) is 30.6 Å². The number of nitrogens with zero attached hydrogens (tertiary/aromatic N) is 3. The zero-order chi connectivity index (χ0) is 13.7. The van der Waals surface area contributed by atoms with E-state index in [0.717, 1.165) is 30.1 Å². The minimum atomic E-state index is -0.0106. The van der Waals surface area contributed by atoms with Crippen LogP contribution in [0.25, 0.3) is 0 Å². The van der Waals surface area contributed by atoms with Crippen molar-refractivity contribution in [1.82, 2.24) is 20.1 Å². The van der Waals surface area contributed by atoms with Crippen LogP contribution in [0.4, 0.5) is 0 Å². The van der Waals surface area contributed by atoms with Gasteiger partial charge in [0.25, 0.3) is 0 Å². The monoisotopic (exact) mass is 260 g/mol. The molecule has 0 fully saturated rings. The lowest BCUT2D eigenvalue weighted by molar-refractivity contribution is 0.397. The zero-order valence-electron chi connectivity index (χ0n) is 11.6. The summed E-state index contributed by atoms with van der Waals surface area (Å²) in [5, 5.41) is 7.73. The molecule has 2 rings (SSSR count). The van der Waals surface area contributed by atoms with Gasteiger partial charge in [-0.3, -0.25) is 9.67 Å². The van der Waals surface area contributed by atoms with E-state index in [0.29, 0.717) is 0 Å². The zero-order valence-corrected chi connectivity index (χ0v) is 11.6. The van der Waals surface area contributed by atoms with Gasteiger partial charge in [0.05, 0.1) is 18.8 Å². The van der Waals surface area contributed by atoms with Crippen LogP contribution in [0, 0.1) is 0 Å². The maximum atomic E-state index is 5.41.